The molecule has 0 bridgehead atoms. The Morgan fingerprint density at radius 3 is 2.84 bits per heavy atom. The van der Waals surface area contributed by atoms with Crippen molar-refractivity contribution < 1.29 is 13.7 Å². The van der Waals surface area contributed by atoms with E-state index in [9.17, 15) is 4.79 Å². The molecule has 2 aromatic rings. The van der Waals surface area contributed by atoms with Crippen LogP contribution in [0.4, 0.5) is 4.79 Å². The van der Waals surface area contributed by atoms with Crippen molar-refractivity contribution >= 4 is 6.03 Å². The van der Waals surface area contributed by atoms with Gasteiger partial charge in [0, 0.05) is 25.4 Å². The Morgan fingerprint density at radius 2 is 2.12 bits per heavy atom. The van der Waals surface area contributed by atoms with Crippen molar-refractivity contribution in [3.8, 4) is 0 Å². The van der Waals surface area contributed by atoms with Crippen LogP contribution >= 0.6 is 0 Å². The Kier molecular flexibility index (Phi) is 4.72. The number of urea groups is 1. The van der Waals surface area contributed by atoms with Gasteiger partial charge in [-0.25, -0.2) is 4.79 Å². The molecule has 0 aromatic carbocycles. The van der Waals surface area contributed by atoms with Gasteiger partial charge >= 0.3 is 6.03 Å². The molecule has 1 saturated carbocycles. The molecular weight excluding hydrogens is 320 g/mol. The van der Waals surface area contributed by atoms with Gasteiger partial charge in [0.2, 0.25) is 5.89 Å². The van der Waals surface area contributed by atoms with Crippen LogP contribution < -0.4 is 5.32 Å². The summed E-state index contributed by atoms with van der Waals surface area (Å²) in [5.41, 5.74) is 0. The van der Waals surface area contributed by atoms with Crippen molar-refractivity contribution in [1.29, 1.82) is 0 Å². The summed E-state index contributed by atoms with van der Waals surface area (Å²) in [6.45, 7) is 2.04. The van der Waals surface area contributed by atoms with E-state index in [0.717, 1.165) is 56.2 Å². The normalized spacial score (nSPS) is 18.5. The monoisotopic (exact) mass is 344 g/mol. The summed E-state index contributed by atoms with van der Waals surface area (Å²) in [5, 5.41) is 6.99. The SMILES string of the molecule is O=C(NCc1ccco1)N1CCC(CCc2noc(C3CC3)n2)CC1. The molecule has 1 N–H and O–H groups in total. The number of aromatic nitrogens is 2. The van der Waals surface area contributed by atoms with Crippen LogP contribution in [0.5, 0.6) is 0 Å². The standard InChI is InChI=1S/C18H24N4O3/c23-18(19-12-15-2-1-11-24-15)22-9-7-13(8-10-22)3-6-16-20-17(25-21-16)14-4-5-14/h1-2,11,13-14H,3-10,12H2,(H,19,23). The highest BCUT2D eigenvalue weighted by Crippen LogP contribution is 2.38. The van der Waals surface area contributed by atoms with Crippen LogP contribution in [-0.4, -0.2) is 34.2 Å². The number of hydrogen-bond acceptors (Lipinski definition) is 5. The van der Waals surface area contributed by atoms with Crippen LogP contribution in [0.2, 0.25) is 0 Å². The van der Waals surface area contributed by atoms with Crippen LogP contribution in [0.25, 0.3) is 0 Å². The maximum Gasteiger partial charge on any atom is 0.317 e. The lowest BCUT2D eigenvalue weighted by atomic mass is 9.92. The van der Waals surface area contributed by atoms with E-state index in [4.69, 9.17) is 8.94 Å². The maximum absolute atomic E-state index is 12.2. The number of carbonyl (C=O) groups excluding carboxylic acids is 1. The minimum atomic E-state index is -0.0120. The average molecular weight is 344 g/mol. The van der Waals surface area contributed by atoms with Gasteiger partial charge in [-0.2, -0.15) is 4.98 Å². The fourth-order valence-corrected chi connectivity index (χ4v) is 3.31. The summed E-state index contributed by atoms with van der Waals surface area (Å²) < 4.78 is 10.5. The van der Waals surface area contributed by atoms with Crippen molar-refractivity contribution in [2.45, 2.75) is 51.0 Å². The third-order valence-electron chi connectivity index (χ3n) is 5.08. The lowest BCUT2D eigenvalue weighted by Crippen LogP contribution is -2.44. The molecule has 2 aromatic heterocycles. The fourth-order valence-electron chi connectivity index (χ4n) is 3.31. The number of nitrogens with zero attached hydrogens (tertiary/aromatic N) is 3. The minimum absolute atomic E-state index is 0.0120. The van der Waals surface area contributed by atoms with Gasteiger partial charge in [0.25, 0.3) is 0 Å². The number of nitrogens with one attached hydrogen (secondary N) is 1. The second kappa shape index (κ2) is 7.29. The average Bonchev–Trinajstić information content (AvgIpc) is 3.17. The summed E-state index contributed by atoms with van der Waals surface area (Å²) in [6.07, 6.45) is 7.97. The molecule has 1 aliphatic carbocycles. The van der Waals surface area contributed by atoms with E-state index in [0.29, 0.717) is 18.4 Å². The molecule has 7 nitrogen and oxygen atoms in total. The molecule has 1 saturated heterocycles. The fraction of sp³-hybridized carbons (Fsp3) is 0.611. The van der Waals surface area contributed by atoms with Crippen molar-refractivity contribution in [2.75, 3.05) is 13.1 Å². The van der Waals surface area contributed by atoms with Gasteiger partial charge in [-0.1, -0.05) is 5.16 Å². The number of furan rings is 1. The number of hydrogen-bond donors (Lipinski definition) is 1. The van der Waals surface area contributed by atoms with E-state index in [1.54, 1.807) is 6.26 Å². The highest BCUT2D eigenvalue weighted by molar-refractivity contribution is 5.74. The molecule has 2 fully saturated rings. The molecule has 0 radical (unpaired) electrons. The Labute approximate surface area is 146 Å². The summed E-state index contributed by atoms with van der Waals surface area (Å²) >= 11 is 0. The van der Waals surface area contributed by atoms with Gasteiger partial charge in [0.05, 0.1) is 12.8 Å². The lowest BCUT2D eigenvalue weighted by Gasteiger charge is -2.31. The van der Waals surface area contributed by atoms with Crippen LogP contribution in [0, 0.1) is 5.92 Å². The molecule has 3 heterocycles. The van der Waals surface area contributed by atoms with Crippen molar-refractivity contribution in [2.24, 2.45) is 5.92 Å². The van der Waals surface area contributed by atoms with Crippen LogP contribution in [0.1, 0.15) is 55.5 Å². The molecular formula is C18H24N4O3. The highest BCUT2D eigenvalue weighted by atomic mass is 16.5. The first-order valence-electron chi connectivity index (χ1n) is 9.15. The zero-order valence-corrected chi connectivity index (χ0v) is 14.3. The van der Waals surface area contributed by atoms with E-state index < -0.39 is 0 Å². The third-order valence-corrected chi connectivity index (χ3v) is 5.08. The topological polar surface area (TPSA) is 84.4 Å². The first kappa shape index (κ1) is 16.2. The first-order chi connectivity index (χ1) is 12.3. The molecule has 7 heteroatoms. The molecule has 25 heavy (non-hydrogen) atoms. The zero-order valence-electron chi connectivity index (χ0n) is 14.3. The number of piperidine rings is 1. The highest BCUT2D eigenvalue weighted by Gasteiger charge is 2.30. The Morgan fingerprint density at radius 1 is 1.28 bits per heavy atom. The van der Waals surface area contributed by atoms with E-state index in [1.807, 2.05) is 17.0 Å². The molecule has 0 spiro atoms. The summed E-state index contributed by atoms with van der Waals surface area (Å²) in [6, 6.07) is 3.67. The van der Waals surface area contributed by atoms with Crippen LogP contribution in [0.15, 0.2) is 27.3 Å². The molecule has 2 aliphatic rings. The zero-order chi connectivity index (χ0) is 17.1. The van der Waals surface area contributed by atoms with Gasteiger partial charge in [0.1, 0.15) is 5.76 Å². The smallest absolute Gasteiger partial charge is 0.317 e. The number of amides is 2. The predicted molar refractivity (Wildman–Crippen MR) is 89.8 cm³/mol. The van der Waals surface area contributed by atoms with Gasteiger partial charge < -0.3 is 19.2 Å². The van der Waals surface area contributed by atoms with Crippen LogP contribution in [0.3, 0.4) is 0 Å². The summed E-state index contributed by atoms with van der Waals surface area (Å²) in [5.74, 6) is 3.56. The van der Waals surface area contributed by atoms with Gasteiger partial charge in [-0.05, 0) is 50.2 Å². The Balaban J connectivity index is 1.16. The van der Waals surface area contributed by atoms with Gasteiger partial charge in [0.15, 0.2) is 5.82 Å². The van der Waals surface area contributed by atoms with E-state index in [1.165, 1.54) is 12.8 Å². The quantitative estimate of drug-likeness (QED) is 0.870. The van der Waals surface area contributed by atoms with Gasteiger partial charge in [-0.15, -0.1) is 0 Å². The number of rotatable bonds is 6. The van der Waals surface area contributed by atoms with Crippen LogP contribution in [-0.2, 0) is 13.0 Å². The first-order valence-corrected chi connectivity index (χ1v) is 9.15. The maximum atomic E-state index is 12.2. The molecule has 0 atom stereocenters. The molecule has 0 unspecified atom stereocenters. The van der Waals surface area contributed by atoms with E-state index >= 15 is 0 Å². The molecule has 2 amide bonds. The van der Waals surface area contributed by atoms with Crippen molar-refractivity contribution in [1.82, 2.24) is 20.4 Å². The summed E-state index contributed by atoms with van der Waals surface area (Å²) in [4.78, 5) is 18.6. The molecule has 134 valence electrons. The van der Waals surface area contributed by atoms with Gasteiger partial charge in [-0.3, -0.25) is 0 Å². The Hall–Kier alpha value is -2.31. The lowest BCUT2D eigenvalue weighted by molar-refractivity contribution is 0.167. The summed E-state index contributed by atoms with van der Waals surface area (Å²) in [7, 11) is 0. The predicted octanol–water partition coefficient (Wildman–Crippen LogP) is 3.09. The van der Waals surface area contributed by atoms with Crippen molar-refractivity contribution in [3.05, 3.63) is 35.9 Å². The number of carbonyl (C=O) groups is 1. The third kappa shape index (κ3) is 4.21. The van der Waals surface area contributed by atoms with E-state index in [2.05, 4.69) is 15.5 Å². The van der Waals surface area contributed by atoms with Crippen molar-refractivity contribution in [3.63, 3.8) is 0 Å². The second-order valence-corrected chi connectivity index (χ2v) is 7.03. The second-order valence-electron chi connectivity index (χ2n) is 7.03. The number of aryl methyl sites for hydroxylation is 1. The number of likely N-dealkylation sites (tertiary alicyclic amines) is 1. The Bertz CT molecular complexity index is 685. The molecule has 4 rings (SSSR count). The molecule has 1 aliphatic heterocycles. The van der Waals surface area contributed by atoms with E-state index in [-0.39, 0.29) is 6.03 Å². The largest absolute Gasteiger partial charge is 0.467 e. The minimum Gasteiger partial charge on any atom is -0.467 e.